The van der Waals surface area contributed by atoms with Gasteiger partial charge in [-0.1, -0.05) is 5.18 Å². The molecule has 0 aliphatic carbocycles. The number of nitroso groups, excluding NO2 is 1. The van der Waals surface area contributed by atoms with Crippen molar-refractivity contribution in [1.29, 1.82) is 0 Å². The Morgan fingerprint density at radius 2 is 1.53 bits per heavy atom. The third-order valence-corrected chi connectivity index (χ3v) is 5.70. The lowest BCUT2D eigenvalue weighted by Gasteiger charge is -2.31. The van der Waals surface area contributed by atoms with Gasteiger partial charge in [-0.25, -0.2) is 8.78 Å². The van der Waals surface area contributed by atoms with Gasteiger partial charge in [-0.2, -0.15) is 4.91 Å². The van der Waals surface area contributed by atoms with Gasteiger partial charge in [0.05, 0.1) is 0 Å². The molecule has 160 valence electrons. The summed E-state index contributed by atoms with van der Waals surface area (Å²) in [4.78, 5) is 11.4. The van der Waals surface area contributed by atoms with Crippen molar-refractivity contribution >= 4 is 0 Å². The molecule has 4 rings (SSSR count). The predicted molar refractivity (Wildman–Crippen MR) is 107 cm³/mol. The second kappa shape index (κ2) is 9.06. The molecule has 2 N–H and O–H groups in total. The van der Waals surface area contributed by atoms with Crippen molar-refractivity contribution in [1.82, 2.24) is 5.32 Å². The van der Waals surface area contributed by atoms with Crippen LogP contribution in [0.25, 0.3) is 0 Å². The highest BCUT2D eigenvalue weighted by Crippen LogP contribution is 2.31. The first kappa shape index (κ1) is 20.7. The normalized spacial score (nSPS) is 22.1. The summed E-state index contributed by atoms with van der Waals surface area (Å²) in [6.45, 7) is 0.470. The lowest BCUT2D eigenvalue weighted by Crippen LogP contribution is -2.45. The van der Waals surface area contributed by atoms with E-state index in [1.807, 2.05) is 0 Å². The third-order valence-electron chi connectivity index (χ3n) is 5.70. The molecule has 2 aromatic carbocycles. The Morgan fingerprint density at radius 1 is 0.967 bits per heavy atom. The van der Waals surface area contributed by atoms with Crippen LogP contribution in [0.15, 0.2) is 41.6 Å². The lowest BCUT2D eigenvalue weighted by atomic mass is 9.97. The molecule has 0 spiro atoms. The maximum absolute atomic E-state index is 13.3. The van der Waals surface area contributed by atoms with Crippen molar-refractivity contribution < 1.29 is 23.4 Å². The number of rotatable bonds is 7. The van der Waals surface area contributed by atoms with Crippen LogP contribution in [0.5, 0.6) is 11.5 Å². The summed E-state index contributed by atoms with van der Waals surface area (Å²) >= 11 is 0. The quantitative estimate of drug-likeness (QED) is 0.676. The van der Waals surface area contributed by atoms with Gasteiger partial charge in [0, 0.05) is 13.1 Å². The Kier molecular flexibility index (Phi) is 6.24. The minimum atomic E-state index is -0.786. The van der Waals surface area contributed by atoms with E-state index in [4.69, 9.17) is 9.47 Å². The summed E-state index contributed by atoms with van der Waals surface area (Å²) in [7, 11) is 0. The van der Waals surface area contributed by atoms with E-state index >= 15 is 0 Å². The zero-order chi connectivity index (χ0) is 21.1. The second-order valence-electron chi connectivity index (χ2n) is 7.79. The van der Waals surface area contributed by atoms with Crippen LogP contribution in [0.2, 0.25) is 0 Å². The highest BCUT2D eigenvalue weighted by molar-refractivity contribution is 5.37. The van der Waals surface area contributed by atoms with Crippen LogP contribution >= 0.6 is 0 Å². The second-order valence-corrected chi connectivity index (χ2v) is 7.79. The molecular formula is C22H24F2N2O4. The fourth-order valence-corrected chi connectivity index (χ4v) is 4.05. The Labute approximate surface area is 173 Å². The van der Waals surface area contributed by atoms with Gasteiger partial charge < -0.3 is 19.9 Å². The van der Waals surface area contributed by atoms with Gasteiger partial charge in [0.25, 0.3) is 0 Å². The maximum atomic E-state index is 13.3. The van der Waals surface area contributed by atoms with Gasteiger partial charge in [0.2, 0.25) is 0 Å². The minimum absolute atomic E-state index is 0.224. The largest absolute Gasteiger partial charge is 0.488 e. The number of aliphatic hydroxyl groups excluding tert-OH is 1. The summed E-state index contributed by atoms with van der Waals surface area (Å²) in [5.41, 5.74) is 1.58. The third kappa shape index (κ3) is 4.60. The van der Waals surface area contributed by atoms with Crippen molar-refractivity contribution in [3.05, 3.63) is 64.1 Å². The highest BCUT2D eigenvalue weighted by atomic mass is 19.1. The molecule has 2 aromatic rings. The topological polar surface area (TPSA) is 80.2 Å². The van der Waals surface area contributed by atoms with E-state index in [0.29, 0.717) is 37.2 Å². The molecule has 0 amide bonds. The van der Waals surface area contributed by atoms with Gasteiger partial charge in [0.1, 0.15) is 47.5 Å². The number of aryl methyl sites for hydroxylation is 2. The number of aliphatic hydroxyl groups is 1. The average Bonchev–Trinajstić information content (AvgIpc) is 2.76. The summed E-state index contributed by atoms with van der Waals surface area (Å²) in [6, 6.07) is 8.08. The lowest BCUT2D eigenvalue weighted by molar-refractivity contribution is 0.0236. The predicted octanol–water partition coefficient (Wildman–Crippen LogP) is 3.14. The Morgan fingerprint density at radius 3 is 2.13 bits per heavy atom. The Bertz CT molecular complexity index is 911. The molecule has 0 aromatic heterocycles. The molecule has 6 nitrogen and oxygen atoms in total. The summed E-state index contributed by atoms with van der Waals surface area (Å²) in [6.07, 6.45) is 0.783. The highest BCUT2D eigenvalue weighted by Gasteiger charge is 2.30. The molecule has 2 aliphatic rings. The summed E-state index contributed by atoms with van der Waals surface area (Å²) < 4.78 is 38.3. The van der Waals surface area contributed by atoms with Crippen molar-refractivity contribution in [3.8, 4) is 11.5 Å². The van der Waals surface area contributed by atoms with Gasteiger partial charge in [-0.15, -0.1) is 0 Å². The number of hydrogen-bond donors (Lipinski definition) is 2. The molecule has 2 heterocycles. The van der Waals surface area contributed by atoms with Crippen molar-refractivity contribution in [3.63, 3.8) is 0 Å². The van der Waals surface area contributed by atoms with Crippen LogP contribution in [-0.2, 0) is 12.8 Å². The first-order valence-electron chi connectivity index (χ1n) is 10.1. The zero-order valence-electron chi connectivity index (χ0n) is 16.4. The van der Waals surface area contributed by atoms with Crippen LogP contribution in [0, 0.1) is 16.5 Å². The van der Waals surface area contributed by atoms with Gasteiger partial charge >= 0.3 is 0 Å². The molecular weight excluding hydrogens is 394 g/mol. The zero-order valence-corrected chi connectivity index (χ0v) is 16.4. The van der Waals surface area contributed by atoms with E-state index < -0.39 is 24.4 Å². The molecule has 0 fully saturated rings. The van der Waals surface area contributed by atoms with E-state index in [2.05, 4.69) is 10.5 Å². The number of fused-ring (bicyclic) bond motifs is 2. The van der Waals surface area contributed by atoms with Crippen LogP contribution in [0.1, 0.15) is 24.0 Å². The van der Waals surface area contributed by atoms with E-state index in [9.17, 15) is 18.8 Å². The number of halogens is 2. The van der Waals surface area contributed by atoms with E-state index in [-0.39, 0.29) is 24.7 Å². The number of nitrogens with one attached hydrogen (secondary N) is 1. The SMILES string of the molecule is O=NC(CNC[C@H](O)C1CCc2cc(F)ccc2O1)C1CCc2cc(F)ccc2O1. The average molecular weight is 418 g/mol. The molecule has 0 saturated carbocycles. The van der Waals surface area contributed by atoms with Crippen LogP contribution in [0.4, 0.5) is 8.78 Å². The van der Waals surface area contributed by atoms with Crippen LogP contribution in [0.3, 0.4) is 0 Å². The van der Waals surface area contributed by atoms with Crippen LogP contribution in [-0.4, -0.2) is 42.5 Å². The molecule has 0 saturated heterocycles. The summed E-state index contributed by atoms with van der Waals surface area (Å²) in [5.74, 6) is 0.550. The van der Waals surface area contributed by atoms with Gasteiger partial charge in [-0.3, -0.25) is 0 Å². The Balaban J connectivity index is 1.27. The molecule has 0 radical (unpaired) electrons. The van der Waals surface area contributed by atoms with E-state index in [1.54, 1.807) is 12.1 Å². The standard InChI is InChI=1S/C22H24F2N2O4/c23-15-3-7-19-13(9-15)1-5-21(29-19)17(26-28)11-25-12-18(27)22-6-2-14-10-16(24)4-8-20(14)30-22/h3-4,7-10,17-18,21-22,25,27H,1-2,5-6,11-12H2/t17?,18-,21?,22?/m0/s1. The first-order valence-corrected chi connectivity index (χ1v) is 10.1. The number of nitrogens with zero attached hydrogens (tertiary/aromatic N) is 1. The number of benzene rings is 2. The monoisotopic (exact) mass is 418 g/mol. The van der Waals surface area contributed by atoms with Crippen molar-refractivity contribution in [2.24, 2.45) is 5.18 Å². The number of hydrogen-bond acceptors (Lipinski definition) is 6. The van der Waals surface area contributed by atoms with Gasteiger partial charge in [-0.05, 0) is 73.2 Å². The molecule has 4 atom stereocenters. The fourth-order valence-electron chi connectivity index (χ4n) is 4.05. The van der Waals surface area contributed by atoms with Crippen molar-refractivity contribution in [2.45, 2.75) is 50.0 Å². The molecule has 8 heteroatoms. The maximum Gasteiger partial charge on any atom is 0.141 e. The number of ether oxygens (including phenoxy) is 2. The van der Waals surface area contributed by atoms with Crippen LogP contribution < -0.4 is 14.8 Å². The smallest absolute Gasteiger partial charge is 0.141 e. The van der Waals surface area contributed by atoms with E-state index in [0.717, 1.165) is 11.1 Å². The first-order chi connectivity index (χ1) is 14.5. The fraction of sp³-hybridized carbons (Fsp3) is 0.455. The molecule has 0 bridgehead atoms. The Hall–Kier alpha value is -2.58. The summed E-state index contributed by atoms with van der Waals surface area (Å²) in [5, 5.41) is 16.7. The molecule has 3 unspecified atom stereocenters. The molecule has 2 aliphatic heterocycles. The van der Waals surface area contributed by atoms with Crippen molar-refractivity contribution in [2.75, 3.05) is 13.1 Å². The van der Waals surface area contributed by atoms with Gasteiger partial charge in [0.15, 0.2) is 0 Å². The van der Waals surface area contributed by atoms with E-state index in [1.165, 1.54) is 24.3 Å². The molecule has 30 heavy (non-hydrogen) atoms. The minimum Gasteiger partial charge on any atom is -0.488 e.